The van der Waals surface area contributed by atoms with Crippen molar-refractivity contribution in [2.45, 2.75) is 72.2 Å². The minimum absolute atomic E-state index is 0.0234. The number of phenols is 1. The van der Waals surface area contributed by atoms with Gasteiger partial charge in [-0.25, -0.2) is 9.86 Å². The van der Waals surface area contributed by atoms with Gasteiger partial charge in [-0.3, -0.25) is 9.63 Å². The van der Waals surface area contributed by atoms with Gasteiger partial charge in [0.05, 0.1) is 18.2 Å². The molecular weight excluding hydrogens is 402 g/mol. The number of amides is 1. The highest BCUT2D eigenvalue weighted by Gasteiger charge is 2.36. The van der Waals surface area contributed by atoms with Gasteiger partial charge in [-0.2, -0.15) is 0 Å². The Morgan fingerprint density at radius 1 is 1.06 bits per heavy atom. The summed E-state index contributed by atoms with van der Waals surface area (Å²) in [6.07, 6.45) is 1.39. The normalized spacial score (nSPS) is 13.4. The minimum Gasteiger partial charge on any atom is -0.507 e. The van der Waals surface area contributed by atoms with Crippen molar-refractivity contribution in [1.82, 2.24) is 5.06 Å². The number of ether oxygens (including phenoxy) is 3. The highest BCUT2D eigenvalue weighted by Crippen LogP contribution is 2.40. The summed E-state index contributed by atoms with van der Waals surface area (Å²) in [6.45, 7) is 9.84. The van der Waals surface area contributed by atoms with E-state index in [1.807, 2.05) is 13.8 Å². The van der Waals surface area contributed by atoms with E-state index in [1.165, 1.54) is 14.2 Å². The SMILES string of the molecule is CCOC(Cc1c(C(=O)N(C)OC)c(O)c2c(c1C(=O)OC(C)(C)C)CCC2)OCC. The van der Waals surface area contributed by atoms with Crippen LogP contribution >= 0.6 is 0 Å². The van der Waals surface area contributed by atoms with Gasteiger partial charge in [0.15, 0.2) is 6.29 Å². The smallest absolute Gasteiger partial charge is 0.339 e. The fourth-order valence-electron chi connectivity index (χ4n) is 3.84. The molecule has 1 N–H and O–H groups in total. The molecule has 31 heavy (non-hydrogen) atoms. The molecule has 8 heteroatoms. The standard InChI is InChI=1S/C23H35NO7/c1-8-29-17(30-9-2)13-16-18(22(27)31-23(3,4)5)14-11-10-12-15(14)20(25)19(16)21(26)24(6)28-7/h17,25H,8-13H2,1-7H3. The number of fused-ring (bicyclic) bond motifs is 1. The first-order valence-electron chi connectivity index (χ1n) is 10.7. The lowest BCUT2D eigenvalue weighted by molar-refractivity contribution is -0.134. The predicted molar refractivity (Wildman–Crippen MR) is 115 cm³/mol. The molecule has 1 aromatic carbocycles. The maximum atomic E-state index is 13.3. The zero-order valence-corrected chi connectivity index (χ0v) is 19.7. The fraction of sp³-hybridized carbons (Fsp3) is 0.652. The summed E-state index contributed by atoms with van der Waals surface area (Å²) in [6, 6.07) is 0. The van der Waals surface area contributed by atoms with Crippen LogP contribution in [0.5, 0.6) is 5.75 Å². The Morgan fingerprint density at radius 3 is 2.16 bits per heavy atom. The molecule has 1 amide bonds. The minimum atomic E-state index is -0.718. The molecule has 8 nitrogen and oxygen atoms in total. The average Bonchev–Trinajstić information content (AvgIpc) is 3.16. The number of nitrogens with zero attached hydrogens (tertiary/aromatic N) is 1. The fourth-order valence-corrected chi connectivity index (χ4v) is 3.84. The molecule has 1 aromatic rings. The van der Waals surface area contributed by atoms with Gasteiger partial charge in [0.25, 0.3) is 5.91 Å². The summed E-state index contributed by atoms with van der Waals surface area (Å²) in [5, 5.41) is 12.1. The van der Waals surface area contributed by atoms with Crippen LogP contribution in [0.25, 0.3) is 0 Å². The van der Waals surface area contributed by atoms with E-state index < -0.39 is 23.8 Å². The third kappa shape index (κ3) is 5.75. The van der Waals surface area contributed by atoms with Gasteiger partial charge in [0, 0.05) is 26.7 Å². The molecule has 0 heterocycles. The summed E-state index contributed by atoms with van der Waals surface area (Å²) in [4.78, 5) is 31.6. The Kier molecular flexibility index (Phi) is 8.45. The van der Waals surface area contributed by atoms with Crippen LogP contribution in [0.15, 0.2) is 0 Å². The maximum absolute atomic E-state index is 13.3. The van der Waals surface area contributed by atoms with Crippen molar-refractivity contribution in [2.24, 2.45) is 0 Å². The molecule has 1 aliphatic rings. The summed E-state index contributed by atoms with van der Waals surface area (Å²) < 4.78 is 17.1. The van der Waals surface area contributed by atoms with Gasteiger partial charge in [-0.1, -0.05) is 0 Å². The number of hydrogen-bond acceptors (Lipinski definition) is 7. The number of hydroxylamine groups is 2. The summed E-state index contributed by atoms with van der Waals surface area (Å²) >= 11 is 0. The highest BCUT2D eigenvalue weighted by molar-refractivity contribution is 6.04. The van der Waals surface area contributed by atoms with Crippen molar-refractivity contribution in [1.29, 1.82) is 0 Å². The number of hydrogen-bond donors (Lipinski definition) is 1. The van der Waals surface area contributed by atoms with Crippen molar-refractivity contribution in [3.8, 4) is 5.75 Å². The number of rotatable bonds is 9. The van der Waals surface area contributed by atoms with E-state index in [-0.39, 0.29) is 17.7 Å². The Balaban J connectivity index is 2.77. The van der Waals surface area contributed by atoms with Gasteiger partial charge in [0.1, 0.15) is 11.4 Å². The molecule has 0 saturated carbocycles. The second-order valence-electron chi connectivity index (χ2n) is 8.42. The number of benzene rings is 1. The summed E-state index contributed by atoms with van der Waals surface area (Å²) in [7, 11) is 2.81. The van der Waals surface area contributed by atoms with Crippen LogP contribution in [0.2, 0.25) is 0 Å². The van der Waals surface area contributed by atoms with E-state index in [4.69, 9.17) is 19.0 Å². The molecule has 0 fully saturated rings. The second kappa shape index (κ2) is 10.4. The molecule has 0 bridgehead atoms. The average molecular weight is 438 g/mol. The quantitative estimate of drug-likeness (QED) is 0.359. The van der Waals surface area contributed by atoms with Gasteiger partial charge < -0.3 is 19.3 Å². The lowest BCUT2D eigenvalue weighted by Gasteiger charge is -2.27. The molecule has 1 aliphatic carbocycles. The molecule has 2 rings (SSSR count). The Hall–Kier alpha value is -2.16. The highest BCUT2D eigenvalue weighted by atomic mass is 16.7. The van der Waals surface area contributed by atoms with Crippen LogP contribution in [0.1, 0.15) is 78.4 Å². The van der Waals surface area contributed by atoms with Crippen molar-refractivity contribution < 1.29 is 33.7 Å². The van der Waals surface area contributed by atoms with Crippen LogP contribution in [0.4, 0.5) is 0 Å². The van der Waals surface area contributed by atoms with Gasteiger partial charge in [0.2, 0.25) is 0 Å². The van der Waals surface area contributed by atoms with Crippen molar-refractivity contribution in [3.63, 3.8) is 0 Å². The van der Waals surface area contributed by atoms with Crippen molar-refractivity contribution in [2.75, 3.05) is 27.4 Å². The molecular formula is C23H35NO7. The third-order valence-corrected chi connectivity index (χ3v) is 5.10. The van der Waals surface area contributed by atoms with Gasteiger partial charge in [-0.15, -0.1) is 0 Å². The molecule has 0 spiro atoms. The number of esters is 1. The third-order valence-electron chi connectivity index (χ3n) is 5.10. The molecule has 0 aromatic heterocycles. The van der Waals surface area contributed by atoms with E-state index in [1.54, 1.807) is 20.8 Å². The molecule has 0 unspecified atom stereocenters. The maximum Gasteiger partial charge on any atom is 0.339 e. The zero-order valence-electron chi connectivity index (χ0n) is 19.7. The van der Waals surface area contributed by atoms with Crippen LogP contribution in [0, 0.1) is 0 Å². The number of phenolic OH excluding ortho intramolecular Hbond substituents is 1. The van der Waals surface area contributed by atoms with Gasteiger partial charge >= 0.3 is 5.97 Å². The molecule has 0 saturated heterocycles. The second-order valence-corrected chi connectivity index (χ2v) is 8.42. The van der Waals surface area contributed by atoms with E-state index in [9.17, 15) is 14.7 Å². The van der Waals surface area contributed by atoms with E-state index in [0.717, 1.165) is 17.0 Å². The first-order valence-corrected chi connectivity index (χ1v) is 10.7. The van der Waals surface area contributed by atoms with Gasteiger partial charge in [-0.05, 0) is 70.6 Å². The van der Waals surface area contributed by atoms with Crippen molar-refractivity contribution in [3.05, 3.63) is 27.8 Å². The number of aromatic hydroxyl groups is 1. The molecule has 0 aliphatic heterocycles. The van der Waals surface area contributed by atoms with E-state index in [0.29, 0.717) is 42.7 Å². The van der Waals surface area contributed by atoms with Crippen LogP contribution < -0.4 is 0 Å². The monoisotopic (exact) mass is 437 g/mol. The predicted octanol–water partition coefficient (Wildman–Crippen LogP) is 3.41. The van der Waals surface area contributed by atoms with E-state index >= 15 is 0 Å². The largest absolute Gasteiger partial charge is 0.507 e. The summed E-state index contributed by atoms with van der Waals surface area (Å²) in [5.41, 5.74) is 1.32. The molecule has 174 valence electrons. The van der Waals surface area contributed by atoms with Crippen LogP contribution in [0.3, 0.4) is 0 Å². The van der Waals surface area contributed by atoms with Crippen LogP contribution in [-0.4, -0.2) is 61.3 Å². The Morgan fingerprint density at radius 2 is 1.65 bits per heavy atom. The molecule has 0 atom stereocenters. The van der Waals surface area contributed by atoms with Crippen molar-refractivity contribution >= 4 is 11.9 Å². The van der Waals surface area contributed by atoms with E-state index in [2.05, 4.69) is 0 Å². The van der Waals surface area contributed by atoms with Crippen LogP contribution in [-0.2, 0) is 38.3 Å². The number of carbonyl (C=O) groups is 2. The molecule has 0 radical (unpaired) electrons. The first-order chi connectivity index (χ1) is 14.6. The lowest BCUT2D eigenvalue weighted by Crippen LogP contribution is -2.31. The Bertz CT molecular complexity index is 807. The topological polar surface area (TPSA) is 94.5 Å². The number of carbonyl (C=O) groups excluding carboxylic acids is 2. The lowest BCUT2D eigenvalue weighted by atomic mass is 9.88. The first kappa shape index (κ1) is 25.1. The Labute approximate surface area is 184 Å². The summed E-state index contributed by atoms with van der Waals surface area (Å²) in [5.74, 6) is -1.20. The zero-order chi connectivity index (χ0) is 23.3.